The molecule has 118 valence electrons. The van der Waals surface area contributed by atoms with E-state index in [9.17, 15) is 9.59 Å². The van der Waals surface area contributed by atoms with Gasteiger partial charge in [-0.05, 0) is 38.1 Å². The van der Waals surface area contributed by atoms with Crippen LogP contribution in [0.2, 0.25) is 0 Å². The van der Waals surface area contributed by atoms with Crippen molar-refractivity contribution in [3.8, 4) is 0 Å². The van der Waals surface area contributed by atoms with Gasteiger partial charge in [0, 0.05) is 9.75 Å². The van der Waals surface area contributed by atoms with Gasteiger partial charge >= 0.3 is 0 Å². The highest BCUT2D eigenvalue weighted by Crippen LogP contribution is 2.46. The highest BCUT2D eigenvalue weighted by atomic mass is 32.1. The molecule has 0 saturated heterocycles. The van der Waals surface area contributed by atoms with Crippen LogP contribution in [0.25, 0.3) is 11.4 Å². The van der Waals surface area contributed by atoms with E-state index >= 15 is 0 Å². The van der Waals surface area contributed by atoms with Crippen LogP contribution in [-0.4, -0.2) is 37.4 Å². The molecule has 2 aromatic heterocycles. The molecule has 2 amide bonds. The molecule has 4 nitrogen and oxygen atoms in total. The number of carbonyl (C=O) groups excluding carboxylic acids is 2. The number of hydrogen-bond acceptors (Lipinski definition) is 4. The van der Waals surface area contributed by atoms with E-state index in [2.05, 4.69) is 0 Å². The van der Waals surface area contributed by atoms with Crippen molar-refractivity contribution in [2.45, 2.75) is 13.8 Å². The van der Waals surface area contributed by atoms with E-state index in [4.69, 9.17) is 0 Å². The lowest BCUT2D eigenvalue weighted by Gasteiger charge is -2.19. The van der Waals surface area contributed by atoms with Gasteiger partial charge in [-0.2, -0.15) is 0 Å². The molecule has 4 heterocycles. The summed E-state index contributed by atoms with van der Waals surface area (Å²) in [6.45, 7) is 4.05. The standard InChI is InChI=1S/C16H14B2N2O2S2/c1-7-3-5-9(23-7)13-11-12(16(22)19(13)17)14(20(18)15(11)21)10-6-4-8(2)24-10/h3-6H,17-18H2,1-2H3. The fourth-order valence-electron chi connectivity index (χ4n) is 3.23. The van der Waals surface area contributed by atoms with Gasteiger partial charge in [-0.15, -0.1) is 22.7 Å². The number of nitrogens with zero attached hydrogens (tertiary/aromatic N) is 2. The topological polar surface area (TPSA) is 40.6 Å². The zero-order chi connectivity index (χ0) is 17.2. The Morgan fingerprint density at radius 3 is 1.42 bits per heavy atom. The molecule has 2 aliphatic rings. The lowest BCUT2D eigenvalue weighted by Crippen LogP contribution is -2.26. The van der Waals surface area contributed by atoms with Crippen molar-refractivity contribution < 1.29 is 9.59 Å². The summed E-state index contributed by atoms with van der Waals surface area (Å²) in [5, 5.41) is 0. The average molecular weight is 352 g/mol. The van der Waals surface area contributed by atoms with Gasteiger partial charge in [-0.25, -0.2) is 0 Å². The second-order valence-corrected chi connectivity index (χ2v) is 8.57. The van der Waals surface area contributed by atoms with Gasteiger partial charge in [0.25, 0.3) is 0 Å². The van der Waals surface area contributed by atoms with Crippen LogP contribution >= 0.6 is 22.7 Å². The summed E-state index contributed by atoms with van der Waals surface area (Å²) in [5.74, 6) is -0.213. The first-order chi connectivity index (χ1) is 11.4. The molecule has 0 aliphatic carbocycles. The average Bonchev–Trinajstić information content (AvgIpc) is 3.25. The number of carbonyl (C=O) groups is 2. The van der Waals surface area contributed by atoms with Gasteiger partial charge in [0.2, 0.25) is 27.8 Å². The molecule has 0 fully saturated rings. The first-order valence-corrected chi connectivity index (χ1v) is 9.22. The van der Waals surface area contributed by atoms with Gasteiger partial charge in [0.1, 0.15) is 0 Å². The summed E-state index contributed by atoms with van der Waals surface area (Å²) in [6.07, 6.45) is 0. The lowest BCUT2D eigenvalue weighted by atomic mass is 10.1. The Kier molecular flexibility index (Phi) is 3.37. The van der Waals surface area contributed by atoms with Crippen molar-refractivity contribution in [3.63, 3.8) is 0 Å². The highest BCUT2D eigenvalue weighted by molar-refractivity contribution is 7.13. The van der Waals surface area contributed by atoms with E-state index in [1.165, 1.54) is 0 Å². The Morgan fingerprint density at radius 1 is 0.750 bits per heavy atom. The number of aryl methyl sites for hydroxylation is 2. The molecular formula is C16H14B2N2O2S2. The molecule has 0 unspecified atom stereocenters. The van der Waals surface area contributed by atoms with Gasteiger partial charge in [-0.3, -0.25) is 9.59 Å². The van der Waals surface area contributed by atoms with E-state index < -0.39 is 0 Å². The van der Waals surface area contributed by atoms with E-state index in [0.29, 0.717) is 11.1 Å². The van der Waals surface area contributed by atoms with Gasteiger partial charge in [-0.1, -0.05) is 0 Å². The second kappa shape index (κ2) is 5.22. The van der Waals surface area contributed by atoms with Gasteiger partial charge in [0.15, 0.2) is 0 Å². The van der Waals surface area contributed by atoms with Crippen molar-refractivity contribution in [3.05, 3.63) is 54.9 Å². The molecule has 0 spiro atoms. The maximum Gasteiger partial charge on any atom is 0.248 e. The molecule has 2 aliphatic heterocycles. The Labute approximate surface area is 149 Å². The maximum atomic E-state index is 12.9. The smallest absolute Gasteiger partial charge is 0.248 e. The molecule has 0 aromatic carbocycles. The summed E-state index contributed by atoms with van der Waals surface area (Å²) in [4.78, 5) is 33.3. The van der Waals surface area contributed by atoms with E-state index in [1.54, 1.807) is 48.3 Å². The summed E-state index contributed by atoms with van der Waals surface area (Å²) in [5.41, 5.74) is 2.53. The molecule has 0 saturated carbocycles. The second-order valence-electron chi connectivity index (χ2n) is 6.00. The van der Waals surface area contributed by atoms with Crippen molar-refractivity contribution in [2.24, 2.45) is 0 Å². The van der Waals surface area contributed by atoms with Crippen LogP contribution in [0.15, 0.2) is 35.4 Å². The van der Waals surface area contributed by atoms with Crippen LogP contribution in [0.4, 0.5) is 0 Å². The minimum Gasteiger partial charge on any atom is -0.359 e. The van der Waals surface area contributed by atoms with Crippen LogP contribution in [0.5, 0.6) is 0 Å². The minimum atomic E-state index is -0.107. The van der Waals surface area contributed by atoms with Crippen LogP contribution < -0.4 is 0 Å². The lowest BCUT2D eigenvalue weighted by molar-refractivity contribution is -0.121. The SMILES string of the molecule is BN1C(=O)C2=C(c3ccc(C)s3)N(B)C(=O)C2=C1c1ccc(C)s1. The number of hydrogen-bond donors (Lipinski definition) is 0. The molecule has 4 rings (SSSR count). The van der Waals surface area contributed by atoms with Crippen LogP contribution in [0, 0.1) is 13.8 Å². The third-order valence-corrected chi connectivity index (χ3v) is 6.39. The largest absolute Gasteiger partial charge is 0.359 e. The van der Waals surface area contributed by atoms with Crippen molar-refractivity contribution >= 4 is 61.8 Å². The summed E-state index contributed by atoms with van der Waals surface area (Å²) in [7, 11) is 3.49. The third kappa shape index (κ3) is 1.99. The zero-order valence-electron chi connectivity index (χ0n) is 13.8. The fourth-order valence-corrected chi connectivity index (χ4v) is 5.14. The number of thiophene rings is 2. The predicted molar refractivity (Wildman–Crippen MR) is 103 cm³/mol. The van der Waals surface area contributed by atoms with Crippen molar-refractivity contribution in [1.29, 1.82) is 0 Å². The van der Waals surface area contributed by atoms with Crippen molar-refractivity contribution in [1.82, 2.24) is 9.62 Å². The van der Waals surface area contributed by atoms with E-state index in [-0.39, 0.29) is 11.8 Å². The zero-order valence-corrected chi connectivity index (χ0v) is 15.5. The number of amides is 2. The molecule has 8 heteroatoms. The maximum absolute atomic E-state index is 12.9. The first kappa shape index (κ1) is 15.5. The van der Waals surface area contributed by atoms with E-state index in [1.807, 2.05) is 38.1 Å². The third-order valence-electron chi connectivity index (χ3n) is 4.38. The monoisotopic (exact) mass is 352 g/mol. The van der Waals surface area contributed by atoms with Crippen LogP contribution in [-0.2, 0) is 9.59 Å². The molecule has 24 heavy (non-hydrogen) atoms. The van der Waals surface area contributed by atoms with Gasteiger partial charge < -0.3 is 9.62 Å². The highest BCUT2D eigenvalue weighted by Gasteiger charge is 2.46. The predicted octanol–water partition coefficient (Wildman–Crippen LogP) is 1.33. The summed E-state index contributed by atoms with van der Waals surface area (Å²) >= 11 is 3.20. The Balaban J connectivity index is 2.00. The first-order valence-electron chi connectivity index (χ1n) is 7.58. The normalized spacial score (nSPS) is 17.6. The summed E-state index contributed by atoms with van der Waals surface area (Å²) < 4.78 is 0. The molecular weight excluding hydrogens is 338 g/mol. The number of fused-ring (bicyclic) bond motifs is 1. The molecule has 0 radical (unpaired) electrons. The Morgan fingerprint density at radius 2 is 1.12 bits per heavy atom. The van der Waals surface area contributed by atoms with Gasteiger partial charge in [0.05, 0.1) is 32.3 Å². The quantitative estimate of drug-likeness (QED) is 0.766. The van der Waals surface area contributed by atoms with E-state index in [0.717, 1.165) is 30.9 Å². The number of rotatable bonds is 2. The molecule has 0 N–H and O–H groups in total. The Bertz CT molecular complexity index is 892. The van der Waals surface area contributed by atoms with Crippen LogP contribution in [0.3, 0.4) is 0 Å². The molecule has 0 atom stereocenters. The Hall–Kier alpha value is -2.05. The minimum absolute atomic E-state index is 0.107. The van der Waals surface area contributed by atoms with Crippen molar-refractivity contribution in [2.75, 3.05) is 0 Å². The van der Waals surface area contributed by atoms with Crippen LogP contribution in [0.1, 0.15) is 19.5 Å². The fraction of sp³-hybridized carbons (Fsp3) is 0.125. The summed E-state index contributed by atoms with van der Waals surface area (Å²) in [6, 6.07) is 7.99. The molecule has 0 bridgehead atoms. The molecule has 2 aromatic rings.